The first kappa shape index (κ1) is 21.9. The highest BCUT2D eigenvalue weighted by molar-refractivity contribution is 5.99. The van der Waals surface area contributed by atoms with E-state index in [-0.39, 0.29) is 18.7 Å². The molecule has 0 unspecified atom stereocenters. The Morgan fingerprint density at radius 2 is 1.79 bits per heavy atom. The molecule has 0 radical (unpaired) electrons. The second-order valence-corrected chi connectivity index (χ2v) is 6.93. The molecule has 4 atom stereocenters. The van der Waals surface area contributed by atoms with Gasteiger partial charge in [0.1, 0.15) is 18.1 Å². The summed E-state index contributed by atoms with van der Waals surface area (Å²) in [6.45, 7) is 1.61. The van der Waals surface area contributed by atoms with Gasteiger partial charge >= 0.3 is 5.97 Å². The fourth-order valence-corrected chi connectivity index (χ4v) is 3.01. The molecule has 0 aromatic heterocycles. The second kappa shape index (κ2) is 10.2. The summed E-state index contributed by atoms with van der Waals surface area (Å²) < 4.78 is 4.65. The van der Waals surface area contributed by atoms with Gasteiger partial charge in [0.15, 0.2) is 0 Å². The van der Waals surface area contributed by atoms with Crippen LogP contribution in [0.5, 0.6) is 0 Å². The quantitative estimate of drug-likeness (QED) is 0.517. The van der Waals surface area contributed by atoms with Gasteiger partial charge in [-0.2, -0.15) is 5.26 Å². The average molecular weight is 400 g/mol. The zero-order valence-electron chi connectivity index (χ0n) is 16.3. The van der Waals surface area contributed by atoms with E-state index in [0.29, 0.717) is 6.42 Å². The summed E-state index contributed by atoms with van der Waals surface area (Å²) in [4.78, 5) is 48.8. The van der Waals surface area contributed by atoms with Crippen LogP contribution >= 0.6 is 0 Å². The van der Waals surface area contributed by atoms with E-state index in [2.05, 4.69) is 20.7 Å². The predicted octanol–water partition coefficient (Wildman–Crippen LogP) is -0.190. The monoisotopic (exact) mass is 400 g/mol. The highest BCUT2D eigenvalue weighted by atomic mass is 16.5. The van der Waals surface area contributed by atoms with Gasteiger partial charge in [-0.3, -0.25) is 14.4 Å². The Hall–Kier alpha value is -3.41. The number of carbonyl (C=O) groups is 4. The van der Waals surface area contributed by atoms with E-state index < -0.39 is 41.8 Å². The average Bonchev–Trinajstić information content (AvgIpc) is 2.71. The van der Waals surface area contributed by atoms with Crippen molar-refractivity contribution in [2.75, 3.05) is 7.11 Å². The fourth-order valence-electron chi connectivity index (χ4n) is 3.01. The van der Waals surface area contributed by atoms with Crippen molar-refractivity contribution in [3.63, 3.8) is 0 Å². The number of hydrogen-bond acceptors (Lipinski definition) is 6. The lowest BCUT2D eigenvalue weighted by Gasteiger charge is -2.29. The van der Waals surface area contributed by atoms with Crippen LogP contribution < -0.4 is 16.0 Å². The number of hydrogen-bond donors (Lipinski definition) is 3. The minimum atomic E-state index is -1.04. The van der Waals surface area contributed by atoms with E-state index in [9.17, 15) is 19.2 Å². The Labute approximate surface area is 168 Å². The highest BCUT2D eigenvalue weighted by Gasteiger charge is 2.35. The molecular weight excluding hydrogens is 376 g/mol. The number of rotatable bonds is 8. The van der Waals surface area contributed by atoms with Crippen molar-refractivity contribution < 1.29 is 23.9 Å². The van der Waals surface area contributed by atoms with Crippen LogP contribution in [-0.2, 0) is 30.3 Å². The molecule has 3 amide bonds. The molecule has 29 heavy (non-hydrogen) atoms. The maximum atomic E-state index is 12.3. The van der Waals surface area contributed by atoms with Gasteiger partial charge in [0.2, 0.25) is 17.7 Å². The third-order valence-electron chi connectivity index (χ3n) is 4.57. The maximum Gasteiger partial charge on any atom is 0.328 e. The zero-order chi connectivity index (χ0) is 21.4. The topological polar surface area (TPSA) is 137 Å². The van der Waals surface area contributed by atoms with Crippen LogP contribution in [0, 0.1) is 17.2 Å². The number of methoxy groups -OCH3 is 1. The Balaban J connectivity index is 1.93. The summed E-state index contributed by atoms with van der Waals surface area (Å²) >= 11 is 0. The standard InChI is InChI=1S/C20H24N4O5/c1-12(11-21)8-16(20(28)29-2)22-17(25)10-15-19(27)23-14(18(26)24-15)9-13-6-4-3-5-7-13/h3-7,12,14-16H,8-10H2,1-2H3,(H,22,25)(H,23,27)(H,24,26)/t12-,14-,15-,16-/m0/s1. The van der Waals surface area contributed by atoms with Crippen LogP contribution in [0.2, 0.25) is 0 Å². The number of nitrogens with zero attached hydrogens (tertiary/aromatic N) is 1. The molecule has 0 aliphatic carbocycles. The van der Waals surface area contributed by atoms with Gasteiger partial charge < -0.3 is 20.7 Å². The number of carbonyl (C=O) groups excluding carboxylic acids is 4. The molecule has 1 fully saturated rings. The Morgan fingerprint density at radius 1 is 1.17 bits per heavy atom. The summed E-state index contributed by atoms with van der Waals surface area (Å²) in [6.07, 6.45) is 0.0924. The maximum absolute atomic E-state index is 12.3. The molecule has 2 rings (SSSR count). The second-order valence-electron chi connectivity index (χ2n) is 6.93. The predicted molar refractivity (Wildman–Crippen MR) is 102 cm³/mol. The van der Waals surface area contributed by atoms with Gasteiger partial charge in [-0.15, -0.1) is 0 Å². The molecule has 0 bridgehead atoms. The third kappa shape index (κ3) is 6.31. The molecule has 9 heteroatoms. The van der Waals surface area contributed by atoms with Crippen LogP contribution in [0.3, 0.4) is 0 Å². The van der Waals surface area contributed by atoms with Gasteiger partial charge in [-0.05, 0) is 18.9 Å². The first-order chi connectivity index (χ1) is 13.8. The molecule has 1 aliphatic heterocycles. The SMILES string of the molecule is COC(=O)[C@H](C[C@H](C)C#N)NC(=O)C[C@@H]1NC(=O)[C@H](Cc2ccccc2)NC1=O. The Bertz CT molecular complexity index is 805. The van der Waals surface area contributed by atoms with E-state index in [4.69, 9.17) is 5.26 Å². The molecule has 1 aromatic carbocycles. The molecule has 154 valence electrons. The summed E-state index contributed by atoms with van der Waals surface area (Å²) in [6, 6.07) is 8.48. The molecule has 1 heterocycles. The molecule has 9 nitrogen and oxygen atoms in total. The van der Waals surface area contributed by atoms with Crippen LogP contribution in [0.1, 0.15) is 25.3 Å². The number of esters is 1. The van der Waals surface area contributed by atoms with Gasteiger partial charge in [-0.1, -0.05) is 30.3 Å². The van der Waals surface area contributed by atoms with Gasteiger partial charge in [0.05, 0.1) is 19.6 Å². The molecular formula is C20H24N4O5. The first-order valence-electron chi connectivity index (χ1n) is 9.25. The molecule has 1 aromatic rings. The number of benzene rings is 1. The van der Waals surface area contributed by atoms with Crippen molar-refractivity contribution in [2.24, 2.45) is 5.92 Å². The summed E-state index contributed by atoms with van der Waals surface area (Å²) in [5, 5.41) is 16.6. The summed E-state index contributed by atoms with van der Waals surface area (Å²) in [5.41, 5.74) is 0.900. The molecule has 1 saturated heterocycles. The van der Waals surface area contributed by atoms with Crippen molar-refractivity contribution in [2.45, 2.75) is 44.3 Å². The van der Waals surface area contributed by atoms with Crippen molar-refractivity contribution in [1.29, 1.82) is 5.26 Å². The smallest absolute Gasteiger partial charge is 0.328 e. The number of amides is 3. The largest absolute Gasteiger partial charge is 0.467 e. The van der Waals surface area contributed by atoms with Crippen LogP contribution in [0.15, 0.2) is 30.3 Å². The van der Waals surface area contributed by atoms with Gasteiger partial charge in [0, 0.05) is 12.3 Å². The fraction of sp³-hybridized carbons (Fsp3) is 0.450. The lowest BCUT2D eigenvalue weighted by atomic mass is 10.00. The number of nitrogens with one attached hydrogen (secondary N) is 3. The normalized spacial score (nSPS) is 20.4. The van der Waals surface area contributed by atoms with E-state index in [1.54, 1.807) is 6.92 Å². The molecule has 3 N–H and O–H groups in total. The Kier molecular flexibility index (Phi) is 7.71. The lowest BCUT2D eigenvalue weighted by Crippen LogP contribution is -2.63. The van der Waals surface area contributed by atoms with Crippen molar-refractivity contribution >= 4 is 23.7 Å². The van der Waals surface area contributed by atoms with Gasteiger partial charge in [-0.25, -0.2) is 4.79 Å². The van der Waals surface area contributed by atoms with E-state index in [0.717, 1.165) is 5.56 Å². The lowest BCUT2D eigenvalue weighted by molar-refractivity contribution is -0.146. The third-order valence-corrected chi connectivity index (χ3v) is 4.57. The highest BCUT2D eigenvalue weighted by Crippen LogP contribution is 2.10. The van der Waals surface area contributed by atoms with Crippen LogP contribution in [0.4, 0.5) is 0 Å². The van der Waals surface area contributed by atoms with Gasteiger partial charge in [0.25, 0.3) is 0 Å². The number of nitriles is 1. The zero-order valence-corrected chi connectivity index (χ0v) is 16.3. The van der Waals surface area contributed by atoms with Crippen molar-refractivity contribution in [1.82, 2.24) is 16.0 Å². The first-order valence-corrected chi connectivity index (χ1v) is 9.25. The number of piperazine rings is 1. The minimum absolute atomic E-state index is 0.0806. The van der Waals surface area contributed by atoms with Crippen LogP contribution in [0.25, 0.3) is 0 Å². The van der Waals surface area contributed by atoms with Crippen molar-refractivity contribution in [3.05, 3.63) is 35.9 Å². The molecule has 0 spiro atoms. The Morgan fingerprint density at radius 3 is 2.41 bits per heavy atom. The van der Waals surface area contributed by atoms with E-state index >= 15 is 0 Å². The van der Waals surface area contributed by atoms with E-state index in [1.165, 1.54) is 7.11 Å². The summed E-state index contributed by atoms with van der Waals surface area (Å²) in [7, 11) is 1.18. The number of ether oxygens (including phenoxy) is 1. The molecule has 1 aliphatic rings. The van der Waals surface area contributed by atoms with Crippen LogP contribution in [-0.4, -0.2) is 48.9 Å². The summed E-state index contributed by atoms with van der Waals surface area (Å²) in [5.74, 6) is -2.61. The minimum Gasteiger partial charge on any atom is -0.467 e. The van der Waals surface area contributed by atoms with E-state index in [1.807, 2.05) is 36.4 Å². The molecule has 0 saturated carbocycles. The van der Waals surface area contributed by atoms with Crippen molar-refractivity contribution in [3.8, 4) is 6.07 Å².